The first-order valence-corrected chi connectivity index (χ1v) is 8.77. The summed E-state index contributed by atoms with van der Waals surface area (Å²) in [5.74, 6) is 0.658. The molecule has 0 saturated heterocycles. The molecule has 2 aromatic heterocycles. The average molecular weight is 424 g/mol. The molecule has 0 aliphatic carbocycles. The lowest BCUT2D eigenvalue weighted by Crippen LogP contribution is -2.31. The molecule has 0 aliphatic heterocycles. The second-order valence-electron chi connectivity index (χ2n) is 5.52. The van der Waals surface area contributed by atoms with Crippen molar-refractivity contribution in [3.05, 3.63) is 63.9 Å². The van der Waals surface area contributed by atoms with Gasteiger partial charge in [-0.15, -0.1) is 0 Å². The van der Waals surface area contributed by atoms with Crippen LogP contribution in [0.1, 0.15) is 24.4 Å². The molecule has 0 fully saturated rings. The van der Waals surface area contributed by atoms with Crippen LogP contribution in [0.4, 0.5) is 4.79 Å². The first kappa shape index (κ1) is 17.7. The second kappa shape index (κ2) is 7.41. The maximum Gasteiger partial charge on any atom is 0.410 e. The van der Waals surface area contributed by atoms with Gasteiger partial charge < -0.3 is 9.64 Å². The van der Waals surface area contributed by atoms with Crippen molar-refractivity contribution in [3.63, 3.8) is 0 Å². The number of halogens is 2. The highest BCUT2D eigenvalue weighted by molar-refractivity contribution is 9.10. The lowest BCUT2D eigenvalue weighted by atomic mass is 10.2. The molecular formula is C17H16BrClN4O2. The van der Waals surface area contributed by atoms with Crippen LogP contribution in [0.2, 0.25) is 5.15 Å². The highest BCUT2D eigenvalue weighted by atomic mass is 79.9. The minimum absolute atomic E-state index is 0.221. The van der Waals surface area contributed by atoms with Gasteiger partial charge in [0.15, 0.2) is 5.15 Å². The summed E-state index contributed by atoms with van der Waals surface area (Å²) in [6.07, 6.45) is 2.92. The fourth-order valence-corrected chi connectivity index (χ4v) is 3.34. The van der Waals surface area contributed by atoms with E-state index in [9.17, 15) is 4.79 Å². The van der Waals surface area contributed by atoms with E-state index in [1.807, 2.05) is 41.7 Å². The van der Waals surface area contributed by atoms with E-state index in [0.29, 0.717) is 21.1 Å². The van der Waals surface area contributed by atoms with Gasteiger partial charge in [-0.05, 0) is 28.4 Å². The Kier molecular flexibility index (Phi) is 5.24. The molecule has 3 rings (SSSR count). The molecular weight excluding hydrogens is 408 g/mol. The van der Waals surface area contributed by atoms with E-state index < -0.39 is 6.09 Å². The normalized spacial score (nSPS) is 12.2. The van der Waals surface area contributed by atoms with Gasteiger partial charge in [0.25, 0.3) is 0 Å². The number of rotatable bonds is 4. The predicted molar refractivity (Wildman–Crippen MR) is 98.5 cm³/mol. The molecule has 0 unspecified atom stereocenters. The number of benzene rings is 1. The van der Waals surface area contributed by atoms with Gasteiger partial charge in [-0.2, -0.15) is 0 Å². The molecule has 6 nitrogen and oxygen atoms in total. The number of hydrogen-bond acceptors (Lipinski definition) is 4. The van der Waals surface area contributed by atoms with Crippen molar-refractivity contribution in [1.82, 2.24) is 19.3 Å². The number of amides is 1. The molecule has 0 bridgehead atoms. The monoisotopic (exact) mass is 422 g/mol. The van der Waals surface area contributed by atoms with E-state index in [-0.39, 0.29) is 12.6 Å². The molecule has 130 valence electrons. The Bertz CT molecular complexity index is 900. The van der Waals surface area contributed by atoms with Gasteiger partial charge in [-0.25, -0.2) is 14.8 Å². The standard InChI is InChI=1S/C17H16BrClN4O2/c1-11(16-21-14(18)13-15(19)20-8-9-23(13)16)22(2)17(24)25-10-12-6-4-3-5-7-12/h3-9,11H,10H2,1-2H3/t11-/m0/s1. The van der Waals surface area contributed by atoms with Gasteiger partial charge in [-0.1, -0.05) is 41.9 Å². The van der Waals surface area contributed by atoms with Crippen LogP contribution in [0.25, 0.3) is 5.52 Å². The summed E-state index contributed by atoms with van der Waals surface area (Å²) in [5, 5.41) is 0.342. The number of fused-ring (bicyclic) bond motifs is 1. The summed E-state index contributed by atoms with van der Waals surface area (Å²) in [5.41, 5.74) is 1.60. The number of ether oxygens (including phenoxy) is 1. The Morgan fingerprint density at radius 2 is 2.12 bits per heavy atom. The zero-order valence-corrected chi connectivity index (χ0v) is 16.0. The van der Waals surface area contributed by atoms with Crippen LogP contribution in [-0.4, -0.2) is 32.4 Å². The first-order chi connectivity index (χ1) is 12.0. The first-order valence-electron chi connectivity index (χ1n) is 7.60. The number of carbonyl (C=O) groups excluding carboxylic acids is 1. The number of imidazole rings is 1. The van der Waals surface area contributed by atoms with E-state index in [1.54, 1.807) is 19.4 Å². The SMILES string of the molecule is C[C@@H](c1nc(Br)c2c(Cl)nccn12)N(C)C(=O)OCc1ccccc1. The van der Waals surface area contributed by atoms with E-state index in [0.717, 1.165) is 5.56 Å². The van der Waals surface area contributed by atoms with Crippen LogP contribution < -0.4 is 0 Å². The molecule has 3 aromatic rings. The number of hydrogen-bond donors (Lipinski definition) is 0. The maximum absolute atomic E-state index is 12.4. The van der Waals surface area contributed by atoms with Crippen LogP contribution in [-0.2, 0) is 11.3 Å². The highest BCUT2D eigenvalue weighted by Crippen LogP contribution is 2.28. The van der Waals surface area contributed by atoms with Crippen LogP contribution >= 0.6 is 27.5 Å². The number of carbonyl (C=O) groups is 1. The van der Waals surface area contributed by atoms with Crippen molar-refractivity contribution in [2.24, 2.45) is 0 Å². The third-order valence-corrected chi connectivity index (χ3v) is 4.77. The molecule has 0 aliphatic rings. The fourth-order valence-electron chi connectivity index (χ4n) is 2.43. The molecule has 0 spiro atoms. The lowest BCUT2D eigenvalue weighted by Gasteiger charge is -2.23. The van der Waals surface area contributed by atoms with Gasteiger partial charge in [0, 0.05) is 19.4 Å². The number of aromatic nitrogens is 3. The third-order valence-electron chi connectivity index (χ3n) is 3.94. The second-order valence-corrected chi connectivity index (χ2v) is 6.63. The summed E-state index contributed by atoms with van der Waals surface area (Å²) in [4.78, 5) is 22.4. The Morgan fingerprint density at radius 3 is 2.84 bits per heavy atom. The van der Waals surface area contributed by atoms with Gasteiger partial charge in [0.1, 0.15) is 22.6 Å². The van der Waals surface area contributed by atoms with E-state index in [1.165, 1.54) is 4.90 Å². The van der Waals surface area contributed by atoms with Crippen molar-refractivity contribution in [2.45, 2.75) is 19.6 Å². The quantitative estimate of drug-likeness (QED) is 0.621. The Morgan fingerprint density at radius 1 is 1.40 bits per heavy atom. The van der Waals surface area contributed by atoms with E-state index in [2.05, 4.69) is 25.9 Å². The van der Waals surface area contributed by atoms with Gasteiger partial charge >= 0.3 is 6.09 Å². The zero-order valence-electron chi connectivity index (χ0n) is 13.7. The molecule has 1 atom stereocenters. The topological polar surface area (TPSA) is 59.7 Å². The summed E-state index contributed by atoms with van der Waals surface area (Å²) in [7, 11) is 1.68. The van der Waals surface area contributed by atoms with Gasteiger partial charge in [0.2, 0.25) is 0 Å². The van der Waals surface area contributed by atoms with Crippen LogP contribution in [0.5, 0.6) is 0 Å². The Balaban J connectivity index is 1.77. The van der Waals surface area contributed by atoms with E-state index in [4.69, 9.17) is 16.3 Å². The summed E-state index contributed by atoms with van der Waals surface area (Å²) < 4.78 is 7.77. The molecule has 0 N–H and O–H groups in total. The minimum Gasteiger partial charge on any atom is -0.445 e. The molecule has 8 heteroatoms. The molecule has 1 amide bonds. The van der Waals surface area contributed by atoms with E-state index >= 15 is 0 Å². The average Bonchev–Trinajstić information content (AvgIpc) is 2.97. The fraction of sp³-hybridized carbons (Fsp3) is 0.235. The Labute approximate surface area is 158 Å². The maximum atomic E-state index is 12.4. The molecule has 25 heavy (non-hydrogen) atoms. The highest BCUT2D eigenvalue weighted by Gasteiger charge is 2.24. The summed E-state index contributed by atoms with van der Waals surface area (Å²) in [6, 6.07) is 9.22. The van der Waals surface area contributed by atoms with Gasteiger partial charge in [0.05, 0.1) is 6.04 Å². The van der Waals surface area contributed by atoms with Crippen molar-refractivity contribution < 1.29 is 9.53 Å². The molecule has 0 saturated carbocycles. The molecule has 0 radical (unpaired) electrons. The van der Waals surface area contributed by atoms with Crippen molar-refractivity contribution in [3.8, 4) is 0 Å². The minimum atomic E-state index is -0.427. The Hall–Kier alpha value is -2.12. The largest absolute Gasteiger partial charge is 0.445 e. The summed E-state index contributed by atoms with van der Waals surface area (Å²) >= 11 is 9.53. The van der Waals surface area contributed by atoms with Crippen molar-refractivity contribution in [1.29, 1.82) is 0 Å². The van der Waals surface area contributed by atoms with Crippen LogP contribution in [0, 0.1) is 0 Å². The van der Waals surface area contributed by atoms with Crippen LogP contribution in [0.3, 0.4) is 0 Å². The van der Waals surface area contributed by atoms with Gasteiger partial charge in [-0.3, -0.25) is 4.40 Å². The van der Waals surface area contributed by atoms with Crippen molar-refractivity contribution >= 4 is 39.1 Å². The molecule has 2 heterocycles. The van der Waals surface area contributed by atoms with Crippen LogP contribution in [0.15, 0.2) is 47.3 Å². The van der Waals surface area contributed by atoms with Crippen molar-refractivity contribution in [2.75, 3.05) is 7.05 Å². The zero-order chi connectivity index (χ0) is 18.0. The summed E-state index contributed by atoms with van der Waals surface area (Å²) in [6.45, 7) is 2.10. The number of nitrogens with zero attached hydrogens (tertiary/aromatic N) is 4. The molecule has 1 aromatic carbocycles. The smallest absolute Gasteiger partial charge is 0.410 e. The lowest BCUT2D eigenvalue weighted by molar-refractivity contribution is 0.0921. The predicted octanol–water partition coefficient (Wildman–Crippen LogP) is 4.47. The third kappa shape index (κ3) is 3.62.